The Labute approximate surface area is 97.8 Å². The van der Waals surface area contributed by atoms with E-state index < -0.39 is 5.60 Å². The Kier molecular flexibility index (Phi) is 3.45. The lowest BCUT2D eigenvalue weighted by Crippen LogP contribution is -2.32. The van der Waals surface area contributed by atoms with E-state index in [1.54, 1.807) is 0 Å². The third kappa shape index (κ3) is 2.35. The van der Waals surface area contributed by atoms with Crippen molar-refractivity contribution in [1.29, 1.82) is 0 Å². The summed E-state index contributed by atoms with van der Waals surface area (Å²) in [4.78, 5) is 0. The highest BCUT2D eigenvalue weighted by Crippen LogP contribution is 2.36. The molecule has 1 aromatic rings. The van der Waals surface area contributed by atoms with Crippen molar-refractivity contribution >= 4 is 6.08 Å². The molecule has 1 aromatic carbocycles. The molecule has 86 valence electrons. The second kappa shape index (κ2) is 4.84. The van der Waals surface area contributed by atoms with Crippen molar-refractivity contribution in [3.05, 3.63) is 41.5 Å². The van der Waals surface area contributed by atoms with Crippen LogP contribution in [0.4, 0.5) is 0 Å². The maximum atomic E-state index is 10.5. The van der Waals surface area contributed by atoms with Crippen molar-refractivity contribution in [2.45, 2.75) is 44.6 Å². The van der Waals surface area contributed by atoms with E-state index in [4.69, 9.17) is 0 Å². The minimum atomic E-state index is -0.548. The van der Waals surface area contributed by atoms with Gasteiger partial charge in [0.05, 0.1) is 5.60 Å². The van der Waals surface area contributed by atoms with Gasteiger partial charge in [-0.2, -0.15) is 0 Å². The van der Waals surface area contributed by atoms with Crippen LogP contribution in [-0.2, 0) is 0 Å². The molecule has 1 N–H and O–H groups in total. The van der Waals surface area contributed by atoms with Crippen molar-refractivity contribution in [3.8, 4) is 0 Å². The second-order valence-electron chi connectivity index (χ2n) is 4.67. The zero-order valence-electron chi connectivity index (χ0n) is 9.95. The third-order valence-corrected chi connectivity index (χ3v) is 3.61. The molecular weight excluding hydrogens is 196 g/mol. The zero-order chi connectivity index (χ0) is 11.4. The number of hydrogen-bond acceptors (Lipinski definition) is 1. The van der Waals surface area contributed by atoms with Gasteiger partial charge in [-0.3, -0.25) is 0 Å². The van der Waals surface area contributed by atoms with Crippen LogP contribution in [0.25, 0.3) is 6.08 Å². The molecule has 1 saturated carbocycles. The van der Waals surface area contributed by atoms with E-state index in [0.717, 1.165) is 25.7 Å². The number of hydrogen-bond donors (Lipinski definition) is 1. The lowest BCUT2D eigenvalue weighted by Gasteiger charge is -2.34. The highest BCUT2D eigenvalue weighted by Gasteiger charge is 2.31. The number of benzene rings is 1. The zero-order valence-corrected chi connectivity index (χ0v) is 9.95. The lowest BCUT2D eigenvalue weighted by atomic mass is 9.78. The molecule has 0 amide bonds. The van der Waals surface area contributed by atoms with Crippen LogP contribution in [0.1, 0.15) is 44.6 Å². The molecule has 1 nitrogen and oxygen atoms in total. The molecule has 0 aliphatic heterocycles. The maximum absolute atomic E-state index is 10.5. The van der Waals surface area contributed by atoms with Crippen molar-refractivity contribution in [3.63, 3.8) is 0 Å². The van der Waals surface area contributed by atoms with Crippen LogP contribution >= 0.6 is 0 Å². The molecule has 1 heteroatoms. The summed E-state index contributed by atoms with van der Waals surface area (Å²) < 4.78 is 0. The van der Waals surface area contributed by atoms with Crippen LogP contribution in [-0.4, -0.2) is 10.7 Å². The summed E-state index contributed by atoms with van der Waals surface area (Å²) in [7, 11) is 0. The summed E-state index contributed by atoms with van der Waals surface area (Å²) in [5, 5.41) is 10.5. The van der Waals surface area contributed by atoms with Gasteiger partial charge >= 0.3 is 0 Å². The summed E-state index contributed by atoms with van der Waals surface area (Å²) in [6.07, 6.45) is 7.31. The van der Waals surface area contributed by atoms with Gasteiger partial charge in [0, 0.05) is 0 Å². The average molecular weight is 216 g/mol. The molecule has 2 rings (SSSR count). The summed E-state index contributed by atoms with van der Waals surface area (Å²) in [6, 6.07) is 10.3. The topological polar surface area (TPSA) is 20.2 Å². The van der Waals surface area contributed by atoms with Crippen molar-refractivity contribution in [1.82, 2.24) is 0 Å². The molecule has 0 radical (unpaired) electrons. The van der Waals surface area contributed by atoms with Crippen LogP contribution in [0.2, 0.25) is 0 Å². The molecule has 0 unspecified atom stereocenters. The van der Waals surface area contributed by atoms with Gasteiger partial charge in [-0.1, -0.05) is 43.3 Å². The summed E-state index contributed by atoms with van der Waals surface area (Å²) in [5.41, 5.74) is 1.87. The minimum absolute atomic E-state index is 0.548. The summed E-state index contributed by atoms with van der Waals surface area (Å²) in [5.74, 6) is 0. The highest BCUT2D eigenvalue weighted by atomic mass is 16.3. The van der Waals surface area contributed by atoms with Crippen LogP contribution in [0.5, 0.6) is 0 Å². The van der Waals surface area contributed by atoms with Crippen LogP contribution in [0.3, 0.4) is 0 Å². The van der Waals surface area contributed by atoms with E-state index in [2.05, 4.69) is 25.1 Å². The Bertz CT molecular complexity index is 366. The monoisotopic (exact) mass is 216 g/mol. The van der Waals surface area contributed by atoms with Crippen molar-refractivity contribution < 1.29 is 5.11 Å². The Morgan fingerprint density at radius 3 is 2.69 bits per heavy atom. The molecule has 0 bridgehead atoms. The van der Waals surface area contributed by atoms with E-state index in [-0.39, 0.29) is 0 Å². The van der Waals surface area contributed by atoms with Crippen molar-refractivity contribution in [2.24, 2.45) is 0 Å². The fourth-order valence-corrected chi connectivity index (χ4v) is 2.49. The van der Waals surface area contributed by atoms with Crippen LogP contribution in [0.15, 0.2) is 35.9 Å². The van der Waals surface area contributed by atoms with Gasteiger partial charge in [-0.25, -0.2) is 0 Å². The predicted molar refractivity (Wildman–Crippen MR) is 68.1 cm³/mol. The largest absolute Gasteiger partial charge is 0.386 e. The van der Waals surface area contributed by atoms with Gasteiger partial charge in [-0.05, 0) is 43.2 Å². The molecule has 1 aliphatic rings. The Morgan fingerprint density at radius 2 is 2.00 bits per heavy atom. The summed E-state index contributed by atoms with van der Waals surface area (Å²) in [6.45, 7) is 2.07. The van der Waals surface area contributed by atoms with Gasteiger partial charge in [0.25, 0.3) is 0 Å². The van der Waals surface area contributed by atoms with E-state index in [9.17, 15) is 5.11 Å². The Morgan fingerprint density at radius 1 is 1.25 bits per heavy atom. The van der Waals surface area contributed by atoms with Gasteiger partial charge in [0.1, 0.15) is 0 Å². The Balaban J connectivity index is 2.27. The number of rotatable bonds is 2. The molecular formula is C15H20O. The molecule has 1 aliphatic carbocycles. The van der Waals surface area contributed by atoms with Gasteiger partial charge in [0.15, 0.2) is 0 Å². The average Bonchev–Trinajstić information content (AvgIpc) is 2.34. The fourth-order valence-electron chi connectivity index (χ4n) is 2.49. The van der Waals surface area contributed by atoms with Crippen LogP contribution < -0.4 is 0 Å². The molecule has 1 fully saturated rings. The van der Waals surface area contributed by atoms with Gasteiger partial charge in [-0.15, -0.1) is 0 Å². The molecule has 0 heterocycles. The van der Waals surface area contributed by atoms with E-state index in [1.165, 1.54) is 17.6 Å². The normalized spacial score (nSPS) is 28.2. The van der Waals surface area contributed by atoms with E-state index in [1.807, 2.05) is 18.2 Å². The first kappa shape index (κ1) is 11.4. The quantitative estimate of drug-likeness (QED) is 0.797. The standard InChI is InChI=1S/C15H20O/c1-2-15(16)11-7-6-10-14(15)12-13-8-4-3-5-9-13/h3-5,8-9,12,16H,2,6-7,10-11H2,1H3/b14-12-/t15-/m0/s1. The Hall–Kier alpha value is -1.08. The first-order valence-corrected chi connectivity index (χ1v) is 6.23. The van der Waals surface area contributed by atoms with Crippen LogP contribution in [0, 0.1) is 0 Å². The maximum Gasteiger partial charge on any atom is 0.0857 e. The SMILES string of the molecule is CC[C@]1(O)CCCC/C1=C/c1ccccc1. The molecule has 0 saturated heterocycles. The smallest absolute Gasteiger partial charge is 0.0857 e. The number of aliphatic hydroxyl groups is 1. The van der Waals surface area contributed by atoms with E-state index >= 15 is 0 Å². The van der Waals surface area contributed by atoms with Crippen molar-refractivity contribution in [2.75, 3.05) is 0 Å². The molecule has 1 atom stereocenters. The van der Waals surface area contributed by atoms with E-state index in [0.29, 0.717) is 0 Å². The predicted octanol–water partition coefficient (Wildman–Crippen LogP) is 3.79. The minimum Gasteiger partial charge on any atom is -0.386 e. The first-order valence-electron chi connectivity index (χ1n) is 6.23. The highest BCUT2D eigenvalue weighted by molar-refractivity contribution is 5.55. The molecule has 0 aromatic heterocycles. The fraction of sp³-hybridized carbons (Fsp3) is 0.467. The van der Waals surface area contributed by atoms with Gasteiger partial charge in [0.2, 0.25) is 0 Å². The lowest BCUT2D eigenvalue weighted by molar-refractivity contribution is 0.0491. The molecule has 16 heavy (non-hydrogen) atoms. The summed E-state index contributed by atoms with van der Waals surface area (Å²) >= 11 is 0. The third-order valence-electron chi connectivity index (χ3n) is 3.61. The molecule has 0 spiro atoms. The first-order chi connectivity index (χ1) is 7.74. The van der Waals surface area contributed by atoms with Gasteiger partial charge < -0.3 is 5.11 Å². The second-order valence-corrected chi connectivity index (χ2v) is 4.67.